The SMILES string of the molecule is Cc1c(Cl)cccc1C(Br)c1ccc2[nH]c(=O)oc2c1. The minimum atomic E-state index is -0.442. The Labute approximate surface area is 128 Å². The lowest BCUT2D eigenvalue weighted by molar-refractivity contribution is 0.555. The summed E-state index contributed by atoms with van der Waals surface area (Å²) < 4.78 is 5.09. The van der Waals surface area contributed by atoms with E-state index < -0.39 is 5.76 Å². The van der Waals surface area contributed by atoms with E-state index in [1.807, 2.05) is 43.3 Å². The fourth-order valence-corrected chi connectivity index (χ4v) is 3.16. The molecule has 3 nitrogen and oxygen atoms in total. The number of oxazole rings is 1. The number of H-pyrrole nitrogens is 1. The minimum Gasteiger partial charge on any atom is -0.408 e. The number of rotatable bonds is 2. The van der Waals surface area contributed by atoms with Crippen LogP contribution in [-0.4, -0.2) is 4.98 Å². The van der Waals surface area contributed by atoms with Crippen molar-refractivity contribution in [3.8, 4) is 0 Å². The van der Waals surface area contributed by atoms with Gasteiger partial charge < -0.3 is 4.42 Å². The first kappa shape index (κ1) is 13.5. The van der Waals surface area contributed by atoms with E-state index in [4.69, 9.17) is 16.0 Å². The van der Waals surface area contributed by atoms with Gasteiger partial charge in [-0.15, -0.1) is 0 Å². The molecule has 0 aliphatic rings. The van der Waals surface area contributed by atoms with Crippen molar-refractivity contribution < 1.29 is 4.42 Å². The lowest BCUT2D eigenvalue weighted by Gasteiger charge is -2.14. The van der Waals surface area contributed by atoms with Gasteiger partial charge in [0.05, 0.1) is 10.3 Å². The number of hydrogen-bond donors (Lipinski definition) is 1. The molecule has 1 N–H and O–H groups in total. The van der Waals surface area contributed by atoms with Gasteiger partial charge in [-0.25, -0.2) is 4.79 Å². The van der Waals surface area contributed by atoms with Crippen molar-refractivity contribution in [2.24, 2.45) is 0 Å². The highest BCUT2D eigenvalue weighted by Gasteiger charge is 2.15. The number of aromatic nitrogens is 1. The van der Waals surface area contributed by atoms with Crippen molar-refractivity contribution in [1.82, 2.24) is 4.98 Å². The summed E-state index contributed by atoms with van der Waals surface area (Å²) in [6, 6.07) is 11.5. The molecule has 0 saturated carbocycles. The van der Waals surface area contributed by atoms with Crippen LogP contribution in [-0.2, 0) is 0 Å². The first-order valence-electron chi connectivity index (χ1n) is 6.08. The van der Waals surface area contributed by atoms with E-state index in [0.29, 0.717) is 11.1 Å². The van der Waals surface area contributed by atoms with E-state index >= 15 is 0 Å². The summed E-state index contributed by atoms with van der Waals surface area (Å²) in [5.74, 6) is -0.442. The molecule has 1 unspecified atom stereocenters. The van der Waals surface area contributed by atoms with Gasteiger partial charge in [0.15, 0.2) is 5.58 Å². The molecule has 3 rings (SSSR count). The zero-order valence-electron chi connectivity index (χ0n) is 10.6. The first-order chi connectivity index (χ1) is 9.56. The predicted octanol–water partition coefficient (Wildman–Crippen LogP) is 4.57. The Bertz CT molecular complexity index is 837. The minimum absolute atomic E-state index is 0.00852. The highest BCUT2D eigenvalue weighted by Crippen LogP contribution is 2.35. The van der Waals surface area contributed by atoms with Crippen LogP contribution in [0.5, 0.6) is 0 Å². The maximum absolute atomic E-state index is 11.2. The highest BCUT2D eigenvalue weighted by molar-refractivity contribution is 9.09. The molecule has 1 aromatic heterocycles. The summed E-state index contributed by atoms with van der Waals surface area (Å²) in [5, 5.41) is 0.737. The quantitative estimate of drug-likeness (QED) is 0.687. The van der Waals surface area contributed by atoms with E-state index in [1.54, 1.807) is 0 Å². The maximum atomic E-state index is 11.2. The number of aromatic amines is 1. The standard InChI is InChI=1S/C15H11BrClNO2/c1-8-10(3-2-4-11(8)17)14(16)9-5-6-12-13(7-9)20-15(19)18-12/h2-7,14H,1H3,(H,18,19). The molecule has 20 heavy (non-hydrogen) atoms. The third-order valence-corrected chi connectivity index (χ3v) is 4.75. The second kappa shape index (κ2) is 5.11. The molecular weight excluding hydrogens is 342 g/mol. The second-order valence-corrected chi connectivity index (χ2v) is 5.91. The molecule has 0 fully saturated rings. The molecule has 102 valence electrons. The smallest absolute Gasteiger partial charge is 0.408 e. The monoisotopic (exact) mass is 351 g/mol. The molecule has 0 spiro atoms. The van der Waals surface area contributed by atoms with Crippen molar-refractivity contribution in [1.29, 1.82) is 0 Å². The fourth-order valence-electron chi connectivity index (χ4n) is 2.20. The van der Waals surface area contributed by atoms with Gasteiger partial charge in [-0.05, 0) is 41.8 Å². The Hall–Kier alpha value is -1.52. The van der Waals surface area contributed by atoms with Crippen LogP contribution >= 0.6 is 27.5 Å². The van der Waals surface area contributed by atoms with Crippen molar-refractivity contribution in [2.45, 2.75) is 11.8 Å². The number of halogens is 2. The van der Waals surface area contributed by atoms with E-state index in [1.165, 1.54) is 0 Å². The molecule has 5 heteroatoms. The molecule has 1 atom stereocenters. The van der Waals surface area contributed by atoms with Gasteiger partial charge in [0.2, 0.25) is 0 Å². The summed E-state index contributed by atoms with van der Waals surface area (Å²) in [5.41, 5.74) is 4.38. The van der Waals surface area contributed by atoms with Gasteiger partial charge in [-0.2, -0.15) is 0 Å². The molecule has 0 radical (unpaired) electrons. The summed E-state index contributed by atoms with van der Waals surface area (Å²) in [4.78, 5) is 13.8. The van der Waals surface area contributed by atoms with E-state index in [0.717, 1.165) is 21.7 Å². The lowest BCUT2D eigenvalue weighted by atomic mass is 10.0. The molecule has 0 saturated heterocycles. The summed E-state index contributed by atoms with van der Waals surface area (Å²) in [6.07, 6.45) is 0. The molecule has 1 heterocycles. The number of alkyl halides is 1. The van der Waals surface area contributed by atoms with Crippen LogP contribution < -0.4 is 5.76 Å². The molecule has 0 aliphatic carbocycles. The Morgan fingerprint density at radius 2 is 2.10 bits per heavy atom. The third kappa shape index (κ3) is 2.30. The van der Waals surface area contributed by atoms with Gasteiger partial charge in [-0.1, -0.05) is 45.7 Å². The van der Waals surface area contributed by atoms with E-state index in [2.05, 4.69) is 20.9 Å². The molecule has 3 aromatic rings. The van der Waals surface area contributed by atoms with Crippen LogP contribution in [0.1, 0.15) is 21.5 Å². The highest BCUT2D eigenvalue weighted by atomic mass is 79.9. The van der Waals surface area contributed by atoms with E-state index in [9.17, 15) is 4.79 Å². The number of fused-ring (bicyclic) bond motifs is 1. The number of hydrogen-bond acceptors (Lipinski definition) is 2. The van der Waals surface area contributed by atoms with Crippen LogP contribution in [0.4, 0.5) is 0 Å². The molecule has 0 aliphatic heterocycles. The third-order valence-electron chi connectivity index (χ3n) is 3.32. The Balaban J connectivity index is 2.09. The average molecular weight is 353 g/mol. The van der Waals surface area contributed by atoms with Crippen LogP contribution in [0, 0.1) is 6.92 Å². The second-order valence-electron chi connectivity index (χ2n) is 4.59. The van der Waals surface area contributed by atoms with Crippen molar-refractivity contribution in [3.05, 3.63) is 68.7 Å². The molecular formula is C15H11BrClNO2. The lowest BCUT2D eigenvalue weighted by Crippen LogP contribution is -1.96. The first-order valence-corrected chi connectivity index (χ1v) is 7.37. The topological polar surface area (TPSA) is 46.0 Å². The number of nitrogens with one attached hydrogen (secondary N) is 1. The number of benzene rings is 2. The Morgan fingerprint density at radius 3 is 2.90 bits per heavy atom. The van der Waals surface area contributed by atoms with Crippen molar-refractivity contribution in [2.75, 3.05) is 0 Å². The van der Waals surface area contributed by atoms with Gasteiger partial charge >= 0.3 is 5.76 Å². The fraction of sp³-hybridized carbons (Fsp3) is 0.133. The molecule has 2 aromatic carbocycles. The molecule has 0 bridgehead atoms. The normalized spacial score (nSPS) is 12.8. The van der Waals surface area contributed by atoms with Crippen LogP contribution in [0.25, 0.3) is 11.1 Å². The maximum Gasteiger partial charge on any atom is 0.417 e. The predicted molar refractivity (Wildman–Crippen MR) is 83.8 cm³/mol. The van der Waals surface area contributed by atoms with Gasteiger partial charge in [0.25, 0.3) is 0 Å². The molecule has 0 amide bonds. The zero-order chi connectivity index (χ0) is 14.3. The Morgan fingerprint density at radius 1 is 1.30 bits per heavy atom. The summed E-state index contributed by atoms with van der Waals surface area (Å²) in [6.45, 7) is 1.99. The van der Waals surface area contributed by atoms with Gasteiger partial charge in [-0.3, -0.25) is 4.98 Å². The average Bonchev–Trinajstić information content (AvgIpc) is 2.80. The largest absolute Gasteiger partial charge is 0.417 e. The summed E-state index contributed by atoms with van der Waals surface area (Å²) >= 11 is 9.84. The zero-order valence-corrected chi connectivity index (χ0v) is 13.0. The van der Waals surface area contributed by atoms with Crippen LogP contribution in [0.3, 0.4) is 0 Å². The van der Waals surface area contributed by atoms with E-state index in [-0.39, 0.29) is 4.83 Å². The van der Waals surface area contributed by atoms with Gasteiger partial charge in [0, 0.05) is 5.02 Å². The van der Waals surface area contributed by atoms with Crippen LogP contribution in [0.2, 0.25) is 5.02 Å². The van der Waals surface area contributed by atoms with Crippen LogP contribution in [0.15, 0.2) is 45.6 Å². The van der Waals surface area contributed by atoms with Crippen molar-refractivity contribution >= 4 is 38.6 Å². The van der Waals surface area contributed by atoms with Crippen molar-refractivity contribution in [3.63, 3.8) is 0 Å². The Kier molecular flexibility index (Phi) is 3.44. The summed E-state index contributed by atoms with van der Waals surface area (Å²) in [7, 11) is 0. The van der Waals surface area contributed by atoms with Gasteiger partial charge in [0.1, 0.15) is 0 Å².